The molecule has 1 aromatic heterocycles. The van der Waals surface area contributed by atoms with E-state index in [0.29, 0.717) is 12.0 Å². The van der Waals surface area contributed by atoms with Gasteiger partial charge in [0.25, 0.3) is 0 Å². The molecule has 2 rings (SSSR count). The molecule has 3 unspecified atom stereocenters. The highest BCUT2D eigenvalue weighted by molar-refractivity contribution is 5.15. The Morgan fingerprint density at radius 3 is 2.80 bits per heavy atom. The van der Waals surface area contributed by atoms with Gasteiger partial charge in [0, 0.05) is 18.0 Å². The summed E-state index contributed by atoms with van der Waals surface area (Å²) in [5.74, 6) is 1.48. The second-order valence-corrected chi connectivity index (χ2v) is 6.98. The van der Waals surface area contributed by atoms with Crippen LogP contribution in [0.15, 0.2) is 6.20 Å². The average Bonchev–Trinajstić information content (AvgIpc) is 2.87. The largest absolute Gasteiger partial charge is 0.317 e. The molecule has 4 nitrogen and oxygen atoms in total. The van der Waals surface area contributed by atoms with E-state index in [1.165, 1.54) is 25.0 Å². The van der Waals surface area contributed by atoms with E-state index in [0.717, 1.165) is 18.9 Å². The fourth-order valence-electron chi connectivity index (χ4n) is 3.89. The van der Waals surface area contributed by atoms with E-state index in [4.69, 9.17) is 0 Å². The number of rotatable bonds is 5. The Morgan fingerprint density at radius 1 is 1.40 bits per heavy atom. The van der Waals surface area contributed by atoms with Crippen LogP contribution in [0.5, 0.6) is 0 Å². The fourth-order valence-corrected chi connectivity index (χ4v) is 3.89. The highest BCUT2D eigenvalue weighted by atomic mass is 15.4. The van der Waals surface area contributed by atoms with Crippen molar-refractivity contribution in [2.45, 2.75) is 71.4 Å². The smallest absolute Gasteiger partial charge is 0.0730 e. The summed E-state index contributed by atoms with van der Waals surface area (Å²) in [6, 6.07) is 0.596. The molecule has 0 amide bonds. The van der Waals surface area contributed by atoms with Gasteiger partial charge in [0.05, 0.1) is 11.9 Å². The Kier molecular flexibility index (Phi) is 4.84. The maximum Gasteiger partial charge on any atom is 0.0730 e. The van der Waals surface area contributed by atoms with Crippen LogP contribution in [0.2, 0.25) is 0 Å². The summed E-state index contributed by atoms with van der Waals surface area (Å²) in [5, 5.41) is 12.0. The molecule has 114 valence electrons. The lowest BCUT2D eigenvalue weighted by atomic mass is 9.65. The lowest BCUT2D eigenvalue weighted by Gasteiger charge is -2.44. The van der Waals surface area contributed by atoms with E-state index in [1.54, 1.807) is 0 Å². The molecule has 0 saturated heterocycles. The van der Waals surface area contributed by atoms with Gasteiger partial charge in [-0.1, -0.05) is 39.3 Å². The minimum absolute atomic E-state index is 0.118. The molecule has 1 heterocycles. The number of hydrogen-bond acceptors (Lipinski definition) is 3. The number of aryl methyl sites for hydroxylation is 1. The molecular weight excluding hydrogens is 248 g/mol. The van der Waals surface area contributed by atoms with Crippen molar-refractivity contribution in [2.75, 3.05) is 7.05 Å². The van der Waals surface area contributed by atoms with Crippen LogP contribution in [0, 0.1) is 11.8 Å². The predicted octanol–water partition coefficient (Wildman–Crippen LogP) is 2.99. The van der Waals surface area contributed by atoms with Gasteiger partial charge in [-0.25, -0.2) is 4.68 Å². The van der Waals surface area contributed by atoms with Gasteiger partial charge in [-0.2, -0.15) is 0 Å². The molecule has 0 aliphatic heterocycles. The van der Waals surface area contributed by atoms with Gasteiger partial charge in [-0.3, -0.25) is 0 Å². The van der Waals surface area contributed by atoms with E-state index in [-0.39, 0.29) is 5.41 Å². The van der Waals surface area contributed by atoms with E-state index in [2.05, 4.69) is 55.1 Å². The summed E-state index contributed by atoms with van der Waals surface area (Å²) in [4.78, 5) is 0. The maximum absolute atomic E-state index is 4.28. The van der Waals surface area contributed by atoms with Crippen LogP contribution >= 0.6 is 0 Å². The summed E-state index contributed by atoms with van der Waals surface area (Å²) < 4.78 is 2.10. The minimum Gasteiger partial charge on any atom is -0.317 e. The van der Waals surface area contributed by atoms with E-state index >= 15 is 0 Å². The van der Waals surface area contributed by atoms with Gasteiger partial charge in [-0.05, 0) is 38.1 Å². The molecule has 1 fully saturated rings. The summed E-state index contributed by atoms with van der Waals surface area (Å²) in [6.45, 7) is 10.3. The van der Waals surface area contributed by atoms with Crippen LogP contribution < -0.4 is 5.32 Å². The van der Waals surface area contributed by atoms with Crippen molar-refractivity contribution in [2.24, 2.45) is 11.8 Å². The Bertz CT molecular complexity index is 424. The summed E-state index contributed by atoms with van der Waals surface area (Å²) in [7, 11) is 2.10. The molecule has 1 N–H and O–H groups in total. The van der Waals surface area contributed by atoms with Crippen LogP contribution in [0.3, 0.4) is 0 Å². The van der Waals surface area contributed by atoms with Gasteiger partial charge in [0.1, 0.15) is 0 Å². The lowest BCUT2D eigenvalue weighted by Crippen LogP contribution is -2.48. The van der Waals surface area contributed by atoms with Crippen molar-refractivity contribution in [1.29, 1.82) is 0 Å². The molecule has 1 aromatic rings. The van der Waals surface area contributed by atoms with Crippen LogP contribution in [0.1, 0.15) is 59.1 Å². The zero-order valence-electron chi connectivity index (χ0n) is 13.7. The first-order valence-corrected chi connectivity index (χ1v) is 8.06. The zero-order chi connectivity index (χ0) is 14.8. The summed E-state index contributed by atoms with van der Waals surface area (Å²) in [6.07, 6.45) is 6.97. The van der Waals surface area contributed by atoms with Gasteiger partial charge in [-0.15, -0.1) is 5.10 Å². The number of hydrogen-bond donors (Lipinski definition) is 1. The molecular formula is C16H30N4. The second-order valence-electron chi connectivity index (χ2n) is 6.98. The van der Waals surface area contributed by atoms with Crippen LogP contribution in [-0.4, -0.2) is 28.1 Å². The third kappa shape index (κ3) is 2.90. The summed E-state index contributed by atoms with van der Waals surface area (Å²) in [5.41, 5.74) is 1.41. The fraction of sp³-hybridized carbons (Fsp3) is 0.875. The summed E-state index contributed by atoms with van der Waals surface area (Å²) >= 11 is 0. The molecule has 0 spiro atoms. The number of nitrogens with zero attached hydrogens (tertiary/aromatic N) is 3. The first-order valence-electron chi connectivity index (χ1n) is 8.06. The molecule has 0 radical (unpaired) electrons. The first kappa shape index (κ1) is 15.5. The maximum atomic E-state index is 4.28. The monoisotopic (exact) mass is 278 g/mol. The van der Waals surface area contributed by atoms with E-state index in [1.807, 2.05) is 6.20 Å². The van der Waals surface area contributed by atoms with Crippen molar-refractivity contribution in [1.82, 2.24) is 20.3 Å². The van der Waals surface area contributed by atoms with Crippen LogP contribution in [-0.2, 0) is 12.0 Å². The van der Waals surface area contributed by atoms with Crippen molar-refractivity contribution >= 4 is 0 Å². The van der Waals surface area contributed by atoms with Crippen molar-refractivity contribution in [3.05, 3.63) is 11.9 Å². The predicted molar refractivity (Wildman–Crippen MR) is 82.7 cm³/mol. The standard InChI is InChI=1S/C16H30N4/c1-6-9-20-15(11-18-19-20)16(3,4)13-8-7-12(2)10-14(13)17-5/h11-14,17H,6-10H2,1-5H3. The normalized spacial score (nSPS) is 27.8. The minimum atomic E-state index is 0.118. The van der Waals surface area contributed by atoms with E-state index in [9.17, 15) is 0 Å². The number of nitrogens with one attached hydrogen (secondary N) is 1. The Hall–Kier alpha value is -0.900. The molecule has 3 atom stereocenters. The third-order valence-corrected chi connectivity index (χ3v) is 5.12. The molecule has 20 heavy (non-hydrogen) atoms. The second kappa shape index (κ2) is 6.25. The molecule has 4 heteroatoms. The van der Waals surface area contributed by atoms with Gasteiger partial charge < -0.3 is 5.32 Å². The van der Waals surface area contributed by atoms with Gasteiger partial charge >= 0.3 is 0 Å². The first-order chi connectivity index (χ1) is 9.50. The van der Waals surface area contributed by atoms with Crippen LogP contribution in [0.4, 0.5) is 0 Å². The quantitative estimate of drug-likeness (QED) is 0.900. The highest BCUT2D eigenvalue weighted by Gasteiger charge is 2.41. The Morgan fingerprint density at radius 2 is 2.15 bits per heavy atom. The van der Waals surface area contributed by atoms with Crippen molar-refractivity contribution in [3.8, 4) is 0 Å². The van der Waals surface area contributed by atoms with Crippen molar-refractivity contribution in [3.63, 3.8) is 0 Å². The van der Waals surface area contributed by atoms with Crippen molar-refractivity contribution < 1.29 is 0 Å². The third-order valence-electron chi connectivity index (χ3n) is 5.12. The molecule has 0 aromatic carbocycles. The average molecular weight is 278 g/mol. The topological polar surface area (TPSA) is 42.7 Å². The highest BCUT2D eigenvalue weighted by Crippen LogP contribution is 2.42. The Balaban J connectivity index is 2.25. The molecule has 1 aliphatic rings. The molecule has 1 aliphatic carbocycles. The molecule has 1 saturated carbocycles. The lowest BCUT2D eigenvalue weighted by molar-refractivity contribution is 0.145. The zero-order valence-corrected chi connectivity index (χ0v) is 13.7. The SMILES string of the molecule is CCCn1nncc1C(C)(C)C1CCC(C)CC1NC. The molecule has 0 bridgehead atoms. The Labute approximate surface area is 123 Å². The van der Waals surface area contributed by atoms with Gasteiger partial charge in [0.2, 0.25) is 0 Å². The number of aromatic nitrogens is 3. The van der Waals surface area contributed by atoms with Gasteiger partial charge in [0.15, 0.2) is 0 Å². The van der Waals surface area contributed by atoms with E-state index < -0.39 is 0 Å². The van der Waals surface area contributed by atoms with Crippen LogP contribution in [0.25, 0.3) is 0 Å².